The van der Waals surface area contributed by atoms with E-state index >= 15 is 0 Å². The van der Waals surface area contributed by atoms with E-state index < -0.39 is 20.9 Å². The molecule has 23 heavy (non-hydrogen) atoms. The number of sulfone groups is 1. The van der Waals surface area contributed by atoms with Gasteiger partial charge in [-0.3, -0.25) is 4.79 Å². The Labute approximate surface area is 138 Å². The van der Waals surface area contributed by atoms with Crippen molar-refractivity contribution in [3.8, 4) is 0 Å². The SMILES string of the molecule is O=C(NC[C@@H](c1ccc(F)cc1)S(=O)(=O)c1cccs1)C1CC1. The summed E-state index contributed by atoms with van der Waals surface area (Å²) in [5.41, 5.74) is 0.468. The van der Waals surface area contributed by atoms with E-state index in [1.807, 2.05) is 0 Å². The van der Waals surface area contributed by atoms with Crippen LogP contribution in [0.4, 0.5) is 4.39 Å². The Morgan fingerprint density at radius 2 is 1.96 bits per heavy atom. The molecule has 0 aliphatic heterocycles. The maximum atomic E-state index is 13.1. The number of hydrogen-bond acceptors (Lipinski definition) is 4. The Hall–Kier alpha value is -1.73. The van der Waals surface area contributed by atoms with Crippen LogP contribution in [0, 0.1) is 11.7 Å². The number of rotatable bonds is 6. The van der Waals surface area contributed by atoms with E-state index in [1.165, 1.54) is 24.3 Å². The van der Waals surface area contributed by atoms with Crippen LogP contribution in [0.2, 0.25) is 0 Å². The molecule has 0 radical (unpaired) electrons. The molecule has 1 N–H and O–H groups in total. The van der Waals surface area contributed by atoms with Crippen LogP contribution in [0.15, 0.2) is 46.0 Å². The molecular weight excluding hydrogens is 337 g/mol. The third kappa shape index (κ3) is 3.61. The molecule has 1 saturated carbocycles. The maximum Gasteiger partial charge on any atom is 0.223 e. The van der Waals surface area contributed by atoms with Crippen LogP contribution in [0.1, 0.15) is 23.7 Å². The van der Waals surface area contributed by atoms with Gasteiger partial charge in [-0.2, -0.15) is 0 Å². The van der Waals surface area contributed by atoms with Gasteiger partial charge in [0, 0.05) is 12.5 Å². The molecular formula is C16H16FNO3S2. The Morgan fingerprint density at radius 3 is 2.52 bits per heavy atom. The molecule has 1 amide bonds. The van der Waals surface area contributed by atoms with E-state index in [9.17, 15) is 17.6 Å². The van der Waals surface area contributed by atoms with E-state index in [2.05, 4.69) is 5.32 Å². The first-order valence-electron chi connectivity index (χ1n) is 7.29. The van der Waals surface area contributed by atoms with Gasteiger partial charge in [0.05, 0.1) is 0 Å². The molecule has 7 heteroatoms. The van der Waals surface area contributed by atoms with Crippen molar-refractivity contribution in [2.24, 2.45) is 5.92 Å². The average molecular weight is 353 g/mol. The summed E-state index contributed by atoms with van der Waals surface area (Å²) in [6.07, 6.45) is 1.70. The summed E-state index contributed by atoms with van der Waals surface area (Å²) in [7, 11) is -3.64. The molecule has 3 rings (SSSR count). The maximum absolute atomic E-state index is 13.1. The van der Waals surface area contributed by atoms with E-state index in [0.717, 1.165) is 24.2 Å². The number of benzene rings is 1. The Morgan fingerprint density at radius 1 is 1.26 bits per heavy atom. The molecule has 1 aliphatic rings. The van der Waals surface area contributed by atoms with Crippen LogP contribution in [0.25, 0.3) is 0 Å². The lowest BCUT2D eigenvalue weighted by Gasteiger charge is -2.18. The fraction of sp³-hybridized carbons (Fsp3) is 0.312. The van der Waals surface area contributed by atoms with Crippen molar-refractivity contribution in [3.63, 3.8) is 0 Å². The number of halogens is 1. The minimum atomic E-state index is -3.64. The zero-order valence-corrected chi connectivity index (χ0v) is 13.9. The highest BCUT2D eigenvalue weighted by atomic mass is 32.2. The van der Waals surface area contributed by atoms with E-state index in [1.54, 1.807) is 17.5 Å². The highest BCUT2D eigenvalue weighted by Gasteiger charge is 2.33. The number of carbonyl (C=O) groups is 1. The van der Waals surface area contributed by atoms with Crippen molar-refractivity contribution < 1.29 is 17.6 Å². The second kappa shape index (κ2) is 6.41. The number of hydrogen-bond donors (Lipinski definition) is 1. The van der Waals surface area contributed by atoms with Crippen molar-refractivity contribution in [3.05, 3.63) is 53.2 Å². The van der Waals surface area contributed by atoms with E-state index in [-0.39, 0.29) is 22.6 Å². The smallest absolute Gasteiger partial charge is 0.223 e. The van der Waals surface area contributed by atoms with Crippen molar-refractivity contribution >= 4 is 27.1 Å². The molecule has 0 saturated heterocycles. The highest BCUT2D eigenvalue weighted by Crippen LogP contribution is 2.32. The molecule has 0 unspecified atom stereocenters. The fourth-order valence-electron chi connectivity index (χ4n) is 2.33. The average Bonchev–Trinajstić information content (AvgIpc) is 3.22. The van der Waals surface area contributed by atoms with Gasteiger partial charge in [-0.25, -0.2) is 12.8 Å². The van der Waals surface area contributed by atoms with Gasteiger partial charge in [0.25, 0.3) is 0 Å². The lowest BCUT2D eigenvalue weighted by Crippen LogP contribution is -2.32. The van der Waals surface area contributed by atoms with Gasteiger partial charge in [0.1, 0.15) is 15.3 Å². The Bertz CT molecular complexity index is 781. The summed E-state index contributed by atoms with van der Waals surface area (Å²) in [5.74, 6) is -0.533. The summed E-state index contributed by atoms with van der Waals surface area (Å²) in [5, 5.41) is 3.48. The number of thiophene rings is 1. The zero-order chi connectivity index (χ0) is 16.4. The summed E-state index contributed by atoms with van der Waals surface area (Å²) in [6, 6.07) is 8.58. The van der Waals surface area contributed by atoms with Crippen LogP contribution in [-0.2, 0) is 14.6 Å². The van der Waals surface area contributed by atoms with Gasteiger partial charge in [-0.15, -0.1) is 11.3 Å². The molecule has 1 aliphatic carbocycles. The van der Waals surface area contributed by atoms with Crippen molar-refractivity contribution in [1.82, 2.24) is 5.32 Å². The Kier molecular flexibility index (Phi) is 4.50. The second-order valence-corrected chi connectivity index (χ2v) is 8.84. The highest BCUT2D eigenvalue weighted by molar-refractivity contribution is 7.93. The standard InChI is InChI=1S/C16H16FNO3S2/c17-13-7-5-11(6-8-13)14(10-18-16(19)12-3-4-12)23(20,21)15-2-1-9-22-15/h1-2,5-9,12,14H,3-4,10H2,(H,18,19)/t14-/m0/s1. The molecule has 1 atom stereocenters. The van der Waals surface area contributed by atoms with Crippen molar-refractivity contribution in [1.29, 1.82) is 0 Å². The largest absolute Gasteiger partial charge is 0.354 e. The quantitative estimate of drug-likeness (QED) is 0.868. The summed E-state index contributed by atoms with van der Waals surface area (Å²) < 4.78 is 39.1. The summed E-state index contributed by atoms with van der Waals surface area (Å²) in [6.45, 7) is -0.0127. The van der Waals surface area contributed by atoms with Gasteiger partial charge in [0.2, 0.25) is 5.91 Å². The normalized spacial score (nSPS) is 16.0. The molecule has 0 bridgehead atoms. The van der Waals surface area contributed by atoms with Crippen molar-refractivity contribution in [2.45, 2.75) is 22.3 Å². The third-order valence-electron chi connectivity index (χ3n) is 3.80. The first kappa shape index (κ1) is 16.1. The van der Waals surface area contributed by atoms with Gasteiger partial charge in [-0.05, 0) is 42.0 Å². The molecule has 1 heterocycles. The summed E-state index contributed by atoms with van der Waals surface area (Å²) in [4.78, 5) is 11.8. The molecule has 0 spiro atoms. The first-order chi connectivity index (χ1) is 11.0. The topological polar surface area (TPSA) is 63.2 Å². The van der Waals surface area contributed by atoms with E-state index in [4.69, 9.17) is 0 Å². The minimum absolute atomic E-state index is 0.00769. The van der Waals surface area contributed by atoms with Gasteiger partial charge in [-0.1, -0.05) is 18.2 Å². The molecule has 2 aromatic rings. The first-order valence-corrected chi connectivity index (χ1v) is 9.71. The van der Waals surface area contributed by atoms with Gasteiger partial charge in [0.15, 0.2) is 9.84 Å². The van der Waals surface area contributed by atoms with Crippen LogP contribution in [0.5, 0.6) is 0 Å². The van der Waals surface area contributed by atoms with Gasteiger partial charge < -0.3 is 5.32 Å². The summed E-state index contributed by atoms with van der Waals surface area (Å²) >= 11 is 1.13. The lowest BCUT2D eigenvalue weighted by atomic mass is 10.1. The lowest BCUT2D eigenvalue weighted by molar-refractivity contribution is -0.122. The van der Waals surface area contributed by atoms with Crippen LogP contribution >= 0.6 is 11.3 Å². The monoisotopic (exact) mass is 353 g/mol. The van der Waals surface area contributed by atoms with Crippen LogP contribution in [-0.4, -0.2) is 20.9 Å². The molecule has 4 nitrogen and oxygen atoms in total. The number of nitrogens with one attached hydrogen (secondary N) is 1. The molecule has 122 valence electrons. The predicted octanol–water partition coefficient (Wildman–Crippen LogP) is 2.93. The number of amides is 1. The van der Waals surface area contributed by atoms with Gasteiger partial charge >= 0.3 is 0 Å². The predicted molar refractivity (Wildman–Crippen MR) is 86.4 cm³/mol. The Balaban J connectivity index is 1.89. The van der Waals surface area contributed by atoms with Crippen LogP contribution in [0.3, 0.4) is 0 Å². The van der Waals surface area contributed by atoms with Crippen LogP contribution < -0.4 is 5.32 Å². The molecule has 1 aromatic carbocycles. The molecule has 1 aromatic heterocycles. The second-order valence-electron chi connectivity index (χ2n) is 5.54. The van der Waals surface area contributed by atoms with E-state index in [0.29, 0.717) is 5.56 Å². The third-order valence-corrected chi connectivity index (χ3v) is 7.33. The van der Waals surface area contributed by atoms with Crippen molar-refractivity contribution in [2.75, 3.05) is 6.54 Å². The number of carbonyl (C=O) groups excluding carboxylic acids is 1. The molecule has 1 fully saturated rings. The fourth-order valence-corrected chi connectivity index (χ4v) is 5.20. The zero-order valence-electron chi connectivity index (χ0n) is 12.2. The minimum Gasteiger partial charge on any atom is -0.354 e.